The third kappa shape index (κ3) is 5.94. The lowest BCUT2D eigenvalue weighted by Gasteiger charge is -2.27. The Balaban J connectivity index is 0.000000433. The Morgan fingerprint density at radius 1 is 1.10 bits per heavy atom. The Bertz CT molecular complexity index is 512. The highest BCUT2D eigenvalue weighted by atomic mass is 32.2. The fourth-order valence-electron chi connectivity index (χ4n) is 2.87. The van der Waals surface area contributed by atoms with E-state index in [4.69, 9.17) is 13.0 Å². The molecular formula is C13H24F3NO3S. The molecule has 1 aliphatic rings. The molecule has 0 amide bonds. The molecule has 4 nitrogen and oxygen atoms in total. The van der Waals surface area contributed by atoms with Gasteiger partial charge in [0.2, 0.25) is 0 Å². The van der Waals surface area contributed by atoms with Crippen LogP contribution in [0.25, 0.3) is 0 Å². The maximum atomic E-state index is 10.7. The number of rotatable bonds is 0. The molecular weight excluding hydrogens is 307 g/mol. The molecule has 8 heteroatoms. The summed E-state index contributed by atoms with van der Waals surface area (Å²) in [4.78, 5) is 0. The quantitative estimate of drug-likeness (QED) is 0.389. The molecule has 0 unspecified atom stereocenters. The summed E-state index contributed by atoms with van der Waals surface area (Å²) in [6.07, 6.45) is 3.66. The molecule has 0 saturated heterocycles. The van der Waals surface area contributed by atoms with E-state index >= 15 is 0 Å². The third-order valence-corrected chi connectivity index (χ3v) is 3.59. The normalized spacial score (nSPS) is 21.4. The summed E-state index contributed by atoms with van der Waals surface area (Å²) in [6, 6.07) is 0. The van der Waals surface area contributed by atoms with Gasteiger partial charge in [-0.15, -0.1) is 0 Å². The van der Waals surface area contributed by atoms with Gasteiger partial charge in [-0.25, -0.2) is 13.0 Å². The highest BCUT2D eigenvalue weighted by molar-refractivity contribution is 7.86. The van der Waals surface area contributed by atoms with Gasteiger partial charge in [-0.1, -0.05) is 13.8 Å². The van der Waals surface area contributed by atoms with Gasteiger partial charge >= 0.3 is 5.51 Å². The molecule has 0 fully saturated rings. The van der Waals surface area contributed by atoms with Crippen LogP contribution >= 0.6 is 0 Å². The van der Waals surface area contributed by atoms with Gasteiger partial charge in [0, 0.05) is 11.8 Å². The van der Waals surface area contributed by atoms with Gasteiger partial charge in [-0.3, -0.25) is 0 Å². The van der Waals surface area contributed by atoms with E-state index in [0.717, 1.165) is 0 Å². The van der Waals surface area contributed by atoms with Crippen molar-refractivity contribution in [3.63, 3.8) is 0 Å². The molecule has 0 saturated carbocycles. The Morgan fingerprint density at radius 3 is 1.52 bits per heavy atom. The van der Waals surface area contributed by atoms with Crippen molar-refractivity contribution < 1.29 is 30.7 Å². The van der Waals surface area contributed by atoms with Crippen LogP contribution in [-0.2, 0) is 10.1 Å². The van der Waals surface area contributed by atoms with Crippen LogP contribution < -0.4 is 0 Å². The van der Waals surface area contributed by atoms with Crippen molar-refractivity contribution >= 4 is 16.3 Å². The first-order chi connectivity index (χ1) is 8.80. The van der Waals surface area contributed by atoms with Gasteiger partial charge in [0.25, 0.3) is 0 Å². The lowest BCUT2D eigenvalue weighted by Crippen LogP contribution is -2.44. The second kappa shape index (κ2) is 5.53. The average molecular weight is 331 g/mol. The topological polar surface area (TPSA) is 60.2 Å². The molecule has 1 heterocycles. The largest absolute Gasteiger partial charge is 0.741 e. The number of nitrogens with zero attached hydrogens (tertiary/aromatic N) is 1. The smallest absolute Gasteiger partial charge is 0.485 e. The van der Waals surface area contributed by atoms with Gasteiger partial charge in [0.1, 0.15) is 6.21 Å². The second-order valence-electron chi connectivity index (χ2n) is 7.55. The van der Waals surface area contributed by atoms with Crippen molar-refractivity contribution in [3.8, 4) is 0 Å². The fourth-order valence-corrected chi connectivity index (χ4v) is 2.87. The van der Waals surface area contributed by atoms with Crippen LogP contribution in [0.2, 0.25) is 0 Å². The van der Waals surface area contributed by atoms with Crippen molar-refractivity contribution in [3.05, 3.63) is 0 Å². The van der Waals surface area contributed by atoms with E-state index in [2.05, 4.69) is 59.3 Å². The summed E-state index contributed by atoms with van der Waals surface area (Å²) in [5.74, 6) is 0. The molecule has 1 aliphatic heterocycles. The van der Waals surface area contributed by atoms with Crippen LogP contribution in [0.15, 0.2) is 0 Å². The van der Waals surface area contributed by atoms with Crippen LogP contribution in [0.4, 0.5) is 13.2 Å². The van der Waals surface area contributed by atoms with Crippen molar-refractivity contribution in [2.45, 2.75) is 71.5 Å². The Labute approximate surface area is 124 Å². The van der Waals surface area contributed by atoms with Gasteiger partial charge in [-0.2, -0.15) is 13.2 Å². The highest BCUT2D eigenvalue weighted by Crippen LogP contribution is 2.37. The summed E-state index contributed by atoms with van der Waals surface area (Å²) < 4.78 is 61.4. The molecule has 0 aromatic carbocycles. The molecule has 126 valence electrons. The van der Waals surface area contributed by atoms with Gasteiger partial charge in [0.15, 0.2) is 21.2 Å². The predicted octanol–water partition coefficient (Wildman–Crippen LogP) is 3.13. The molecule has 0 bridgehead atoms. The fraction of sp³-hybridized carbons (Fsp3) is 0.923. The maximum absolute atomic E-state index is 10.7. The minimum Gasteiger partial charge on any atom is -0.741 e. The van der Waals surface area contributed by atoms with Gasteiger partial charge in [-0.05, 0) is 34.6 Å². The Morgan fingerprint density at radius 2 is 1.43 bits per heavy atom. The molecule has 0 aromatic rings. The first-order valence-electron chi connectivity index (χ1n) is 6.47. The van der Waals surface area contributed by atoms with E-state index in [9.17, 15) is 13.2 Å². The van der Waals surface area contributed by atoms with E-state index in [1.54, 1.807) is 0 Å². The van der Waals surface area contributed by atoms with Crippen LogP contribution in [0.3, 0.4) is 0 Å². The van der Waals surface area contributed by atoms with Gasteiger partial charge in [0.05, 0.1) is 0 Å². The summed E-state index contributed by atoms with van der Waals surface area (Å²) >= 11 is 0. The van der Waals surface area contributed by atoms with E-state index < -0.39 is 15.6 Å². The molecule has 0 aliphatic carbocycles. The Kier molecular flexibility index (Phi) is 5.37. The minimum atomic E-state index is -6.09. The first kappa shape index (κ1) is 20.4. The van der Waals surface area contributed by atoms with Crippen molar-refractivity contribution in [2.75, 3.05) is 0 Å². The summed E-state index contributed by atoms with van der Waals surface area (Å²) in [7, 11) is -6.09. The van der Waals surface area contributed by atoms with Crippen molar-refractivity contribution in [2.24, 2.45) is 5.41 Å². The number of hydrogen-bond acceptors (Lipinski definition) is 3. The van der Waals surface area contributed by atoms with Crippen LogP contribution in [0, 0.1) is 5.41 Å². The van der Waals surface area contributed by atoms with Crippen LogP contribution in [0.1, 0.15) is 54.9 Å². The zero-order valence-corrected chi connectivity index (χ0v) is 14.3. The number of hydrogen-bond donors (Lipinski definition) is 0. The van der Waals surface area contributed by atoms with E-state index in [1.165, 1.54) is 6.42 Å². The zero-order chi connectivity index (χ0) is 17.5. The average Bonchev–Trinajstić information content (AvgIpc) is 2.30. The number of halogens is 3. The molecule has 21 heavy (non-hydrogen) atoms. The van der Waals surface area contributed by atoms with E-state index in [1.807, 2.05) is 0 Å². The molecule has 0 atom stereocenters. The Hall–Kier alpha value is -0.630. The van der Waals surface area contributed by atoms with Crippen LogP contribution in [0.5, 0.6) is 0 Å². The maximum Gasteiger partial charge on any atom is 0.485 e. The summed E-state index contributed by atoms with van der Waals surface area (Å²) in [5.41, 5.74) is -4.73. The van der Waals surface area contributed by atoms with E-state index in [-0.39, 0.29) is 5.54 Å². The summed E-state index contributed by atoms with van der Waals surface area (Å²) in [5, 5.41) is 0. The third-order valence-electron chi connectivity index (χ3n) is 3.03. The van der Waals surface area contributed by atoms with Gasteiger partial charge < -0.3 is 4.55 Å². The first-order valence-corrected chi connectivity index (χ1v) is 7.88. The van der Waals surface area contributed by atoms with Crippen molar-refractivity contribution in [1.29, 1.82) is 0 Å². The molecule has 0 aromatic heterocycles. The molecule has 1 rings (SSSR count). The van der Waals surface area contributed by atoms with E-state index in [0.29, 0.717) is 11.0 Å². The SMILES string of the molecule is CC1(C)C=[N+](C(C)(C)C)C(C)(C)C1.O=S(=O)([O-])C(F)(F)F. The predicted molar refractivity (Wildman–Crippen MR) is 74.3 cm³/mol. The van der Waals surface area contributed by atoms with Crippen molar-refractivity contribution in [1.82, 2.24) is 0 Å². The lowest BCUT2D eigenvalue weighted by molar-refractivity contribution is -0.650. The zero-order valence-electron chi connectivity index (χ0n) is 13.5. The standard InChI is InChI=1S/C12H24N.CHF3O3S/c1-10(2,3)13-9-11(4,5)8-12(13,6)7;2-1(3,4)8(5,6)7/h9H,8H2,1-7H3;(H,5,6,7)/q+1;/p-1. The summed E-state index contributed by atoms with van der Waals surface area (Å²) in [6.45, 7) is 16.2. The minimum absolute atomic E-state index is 0.247. The molecule has 0 N–H and O–H groups in total. The number of alkyl halides is 3. The lowest BCUT2D eigenvalue weighted by atomic mass is 9.85. The molecule has 0 spiro atoms. The second-order valence-corrected chi connectivity index (χ2v) is 8.92. The highest BCUT2D eigenvalue weighted by Gasteiger charge is 2.49. The monoisotopic (exact) mass is 331 g/mol. The molecule has 0 radical (unpaired) electrons. The van der Waals surface area contributed by atoms with Crippen LogP contribution in [-0.4, -0.2) is 40.3 Å².